The smallest absolute Gasteiger partial charge is 0.161 e. The zero-order valence-electron chi connectivity index (χ0n) is 19.4. The first kappa shape index (κ1) is 23.6. The van der Waals surface area contributed by atoms with Crippen LogP contribution in [0.4, 0.5) is 0 Å². The fraction of sp³-hybridized carbons (Fsp3) is 0.538. The average Bonchev–Trinajstić information content (AvgIpc) is 2.76. The van der Waals surface area contributed by atoms with E-state index in [9.17, 15) is 5.11 Å². The third-order valence-corrected chi connectivity index (χ3v) is 6.64. The van der Waals surface area contributed by atoms with Crippen molar-refractivity contribution in [1.29, 1.82) is 0 Å². The molecule has 1 fully saturated rings. The minimum Gasteiger partial charge on any atom is -0.493 e. The van der Waals surface area contributed by atoms with Crippen LogP contribution < -0.4 is 14.8 Å². The minimum atomic E-state index is -0.177. The number of aliphatic hydroxyl groups excluding tert-OH is 1. The lowest BCUT2D eigenvalue weighted by molar-refractivity contribution is -0.678. The number of rotatable bonds is 10. The standard InChI is InChI=1S/C26H37NO4/c1-25(2)19-26(12-13-31-25,15-20-8-6-5-7-9-20)22(18-28)17-27-16-21-10-11-23(29-3)24(14-21)30-4/h5-11,14,22,27-28H,12-13,15-19H2,1-4H3/p+1/t22-,26+/m0/s1. The van der Waals surface area contributed by atoms with Crippen molar-refractivity contribution in [1.82, 2.24) is 0 Å². The molecule has 1 aliphatic rings. The molecule has 0 saturated carbocycles. The van der Waals surface area contributed by atoms with Crippen molar-refractivity contribution >= 4 is 0 Å². The molecule has 1 heterocycles. The molecule has 5 nitrogen and oxygen atoms in total. The van der Waals surface area contributed by atoms with E-state index in [0.29, 0.717) is 0 Å². The highest BCUT2D eigenvalue weighted by Gasteiger charge is 2.46. The number of nitrogens with two attached hydrogens (primary N) is 1. The molecule has 2 aromatic rings. The van der Waals surface area contributed by atoms with Crippen LogP contribution >= 0.6 is 0 Å². The second-order valence-electron chi connectivity index (χ2n) is 9.36. The number of benzene rings is 2. The second-order valence-corrected chi connectivity index (χ2v) is 9.36. The van der Waals surface area contributed by atoms with Gasteiger partial charge in [0.05, 0.1) is 33.0 Å². The Morgan fingerprint density at radius 1 is 1.03 bits per heavy atom. The highest BCUT2D eigenvalue weighted by Crippen LogP contribution is 2.46. The highest BCUT2D eigenvalue weighted by atomic mass is 16.5. The summed E-state index contributed by atoms with van der Waals surface area (Å²) in [7, 11) is 3.31. The van der Waals surface area contributed by atoms with E-state index in [-0.39, 0.29) is 23.5 Å². The predicted octanol–water partition coefficient (Wildman–Crippen LogP) is 3.19. The van der Waals surface area contributed by atoms with Crippen molar-refractivity contribution in [3.05, 3.63) is 59.7 Å². The van der Waals surface area contributed by atoms with Crippen LogP contribution in [0.5, 0.6) is 11.5 Å². The van der Waals surface area contributed by atoms with Gasteiger partial charge in [-0.1, -0.05) is 30.3 Å². The second kappa shape index (κ2) is 10.5. The molecule has 3 rings (SSSR count). The Kier molecular flexibility index (Phi) is 7.98. The molecule has 1 saturated heterocycles. The zero-order valence-corrected chi connectivity index (χ0v) is 19.4. The van der Waals surface area contributed by atoms with Crippen molar-refractivity contribution in [2.24, 2.45) is 11.3 Å². The van der Waals surface area contributed by atoms with Crippen LogP contribution in [0.15, 0.2) is 48.5 Å². The van der Waals surface area contributed by atoms with Gasteiger partial charge in [-0.2, -0.15) is 0 Å². The first-order chi connectivity index (χ1) is 14.9. The van der Waals surface area contributed by atoms with Gasteiger partial charge in [0.1, 0.15) is 6.54 Å². The Bertz CT molecular complexity index is 823. The van der Waals surface area contributed by atoms with E-state index in [1.165, 1.54) is 11.1 Å². The molecule has 3 N–H and O–H groups in total. The third-order valence-electron chi connectivity index (χ3n) is 6.64. The maximum absolute atomic E-state index is 10.4. The first-order valence-electron chi connectivity index (χ1n) is 11.2. The lowest BCUT2D eigenvalue weighted by atomic mass is 9.63. The number of quaternary nitrogens is 1. The van der Waals surface area contributed by atoms with Crippen molar-refractivity contribution in [2.45, 2.75) is 45.3 Å². The summed E-state index contributed by atoms with van der Waals surface area (Å²) in [6.45, 7) is 6.98. The van der Waals surface area contributed by atoms with E-state index in [1.54, 1.807) is 14.2 Å². The number of hydrogen-bond acceptors (Lipinski definition) is 4. The average molecular weight is 429 g/mol. The Labute approximate surface area is 186 Å². The summed E-state index contributed by atoms with van der Waals surface area (Å²) in [6, 6.07) is 16.7. The summed E-state index contributed by atoms with van der Waals surface area (Å²) in [4.78, 5) is 0. The van der Waals surface area contributed by atoms with Gasteiger partial charge in [-0.15, -0.1) is 0 Å². The van der Waals surface area contributed by atoms with Gasteiger partial charge >= 0.3 is 0 Å². The molecule has 5 heteroatoms. The van der Waals surface area contributed by atoms with Crippen LogP contribution in [-0.2, 0) is 17.7 Å². The summed E-state index contributed by atoms with van der Waals surface area (Å²) in [5.41, 5.74) is 2.35. The SMILES string of the molecule is COc1ccc(C[NH2+]C[C@@H](CO)[C@@]2(Cc3ccccc3)CCOC(C)(C)C2)cc1OC. The summed E-state index contributed by atoms with van der Waals surface area (Å²) in [6.07, 6.45) is 2.89. The fourth-order valence-corrected chi connectivity index (χ4v) is 5.14. The van der Waals surface area contributed by atoms with Crippen LogP contribution in [0, 0.1) is 11.3 Å². The Morgan fingerprint density at radius 3 is 2.42 bits per heavy atom. The summed E-state index contributed by atoms with van der Waals surface area (Å²) in [5, 5.41) is 12.7. The van der Waals surface area contributed by atoms with E-state index < -0.39 is 0 Å². The molecule has 0 unspecified atom stereocenters. The van der Waals surface area contributed by atoms with Crippen molar-refractivity contribution in [2.75, 3.05) is 34.0 Å². The minimum absolute atomic E-state index is 0.0198. The Hall–Kier alpha value is -2.08. The van der Waals surface area contributed by atoms with Gasteiger partial charge in [-0.05, 0) is 62.3 Å². The first-order valence-corrected chi connectivity index (χ1v) is 11.2. The zero-order chi connectivity index (χ0) is 22.3. The summed E-state index contributed by atoms with van der Waals surface area (Å²) >= 11 is 0. The van der Waals surface area contributed by atoms with Gasteiger partial charge in [0.15, 0.2) is 11.5 Å². The maximum atomic E-state index is 10.4. The van der Waals surface area contributed by atoms with Crippen LogP contribution in [-0.4, -0.2) is 44.7 Å². The predicted molar refractivity (Wildman–Crippen MR) is 122 cm³/mol. The van der Waals surface area contributed by atoms with Crippen molar-refractivity contribution in [3.8, 4) is 11.5 Å². The molecular weight excluding hydrogens is 390 g/mol. The molecule has 1 aliphatic heterocycles. The molecule has 0 aliphatic carbocycles. The number of methoxy groups -OCH3 is 2. The van der Waals surface area contributed by atoms with E-state index >= 15 is 0 Å². The third kappa shape index (κ3) is 6.00. The molecule has 170 valence electrons. The Morgan fingerprint density at radius 2 is 1.77 bits per heavy atom. The lowest BCUT2D eigenvalue weighted by Crippen LogP contribution is -2.85. The normalized spacial score (nSPS) is 21.5. The topological polar surface area (TPSA) is 64.5 Å². The molecule has 0 aromatic heterocycles. The monoisotopic (exact) mass is 428 g/mol. The van der Waals surface area contributed by atoms with Gasteiger partial charge in [0.2, 0.25) is 0 Å². The van der Waals surface area contributed by atoms with Crippen LogP contribution in [0.25, 0.3) is 0 Å². The lowest BCUT2D eigenvalue weighted by Gasteiger charge is -2.48. The molecule has 0 spiro atoms. The van der Waals surface area contributed by atoms with Gasteiger partial charge < -0.3 is 24.6 Å². The molecule has 2 atom stereocenters. The van der Waals surface area contributed by atoms with Crippen molar-refractivity contribution < 1.29 is 24.6 Å². The Balaban J connectivity index is 1.73. The number of aliphatic hydroxyl groups is 1. The fourth-order valence-electron chi connectivity index (χ4n) is 5.14. The maximum Gasteiger partial charge on any atom is 0.161 e. The van der Waals surface area contributed by atoms with Gasteiger partial charge in [0.25, 0.3) is 0 Å². The molecule has 0 amide bonds. The van der Waals surface area contributed by atoms with Gasteiger partial charge in [0, 0.05) is 18.1 Å². The van der Waals surface area contributed by atoms with E-state index in [0.717, 1.165) is 50.5 Å². The van der Waals surface area contributed by atoms with E-state index in [2.05, 4.69) is 55.6 Å². The van der Waals surface area contributed by atoms with Crippen molar-refractivity contribution in [3.63, 3.8) is 0 Å². The quantitative estimate of drug-likeness (QED) is 0.610. The highest BCUT2D eigenvalue weighted by molar-refractivity contribution is 5.42. The molecule has 31 heavy (non-hydrogen) atoms. The largest absolute Gasteiger partial charge is 0.493 e. The summed E-state index contributed by atoms with van der Waals surface area (Å²) < 4.78 is 16.8. The van der Waals surface area contributed by atoms with E-state index in [1.807, 2.05) is 12.1 Å². The van der Waals surface area contributed by atoms with Gasteiger partial charge in [-0.25, -0.2) is 0 Å². The van der Waals surface area contributed by atoms with E-state index in [4.69, 9.17) is 14.2 Å². The molecule has 0 radical (unpaired) electrons. The van der Waals surface area contributed by atoms with Gasteiger partial charge in [-0.3, -0.25) is 0 Å². The van der Waals surface area contributed by atoms with Crippen LogP contribution in [0.3, 0.4) is 0 Å². The van der Waals surface area contributed by atoms with Crippen LogP contribution in [0.1, 0.15) is 37.8 Å². The number of ether oxygens (including phenoxy) is 3. The van der Waals surface area contributed by atoms with Crippen LogP contribution in [0.2, 0.25) is 0 Å². The number of hydrogen-bond donors (Lipinski definition) is 2. The molecular formula is C26H38NO4+. The summed E-state index contributed by atoms with van der Waals surface area (Å²) in [5.74, 6) is 1.68. The molecule has 0 bridgehead atoms. The molecule has 2 aromatic carbocycles.